The number of rotatable bonds is 5. The van der Waals surface area contributed by atoms with Gasteiger partial charge in [-0.1, -0.05) is 29.2 Å². The van der Waals surface area contributed by atoms with Crippen LogP contribution in [0.5, 0.6) is 0 Å². The number of halogens is 1. The number of aromatic nitrogens is 2. The highest BCUT2D eigenvalue weighted by atomic mass is 35.5. The van der Waals surface area contributed by atoms with Crippen molar-refractivity contribution >= 4 is 57.9 Å². The molecule has 0 aliphatic carbocycles. The average Bonchev–Trinajstić information content (AvgIpc) is 2.96. The van der Waals surface area contributed by atoms with Gasteiger partial charge in [0.1, 0.15) is 0 Å². The largest absolute Gasteiger partial charge is 0.320 e. The molecule has 19 heavy (non-hydrogen) atoms. The Morgan fingerprint density at radius 3 is 3.00 bits per heavy atom. The lowest BCUT2D eigenvalue weighted by Crippen LogP contribution is -2.32. The first-order chi connectivity index (χ1) is 8.65. The van der Waals surface area contributed by atoms with Gasteiger partial charge in [0.25, 0.3) is 0 Å². The van der Waals surface area contributed by atoms with Crippen molar-refractivity contribution in [3.63, 3.8) is 0 Å². The molecule has 0 aliphatic heterocycles. The first kappa shape index (κ1) is 16.4. The number of nitrogens with zero attached hydrogens (tertiary/aromatic N) is 2. The van der Waals surface area contributed by atoms with Crippen LogP contribution in [0.15, 0.2) is 21.9 Å². The summed E-state index contributed by atoms with van der Waals surface area (Å²) in [5.41, 5.74) is 5.45. The number of carbonyl (C=O) groups is 1. The molecule has 0 spiro atoms. The monoisotopic (exact) mass is 336 g/mol. The third-order valence-corrected chi connectivity index (χ3v) is 5.05. The zero-order chi connectivity index (χ0) is 13.0. The van der Waals surface area contributed by atoms with E-state index in [0.29, 0.717) is 5.13 Å². The molecule has 2 aromatic rings. The fourth-order valence-corrected chi connectivity index (χ4v) is 3.59. The van der Waals surface area contributed by atoms with Crippen molar-refractivity contribution in [1.82, 2.24) is 10.2 Å². The van der Waals surface area contributed by atoms with Crippen LogP contribution >= 0.6 is 46.8 Å². The van der Waals surface area contributed by atoms with Crippen molar-refractivity contribution < 1.29 is 4.79 Å². The third-order valence-electron chi connectivity index (χ3n) is 1.97. The Balaban J connectivity index is 0.00000180. The number of thiophene rings is 1. The first-order valence-electron chi connectivity index (χ1n) is 5.20. The number of nitrogens with one attached hydrogen (secondary N) is 1. The smallest absolute Gasteiger partial charge is 0.242 e. The molecule has 0 saturated heterocycles. The van der Waals surface area contributed by atoms with Crippen molar-refractivity contribution in [1.29, 1.82) is 0 Å². The highest BCUT2D eigenvalue weighted by Crippen LogP contribution is 2.29. The molecule has 3 N–H and O–H groups in total. The second kappa shape index (κ2) is 7.81. The van der Waals surface area contributed by atoms with Crippen LogP contribution in [-0.4, -0.2) is 22.1 Å². The van der Waals surface area contributed by atoms with Gasteiger partial charge in [0, 0.05) is 10.6 Å². The molecule has 0 radical (unpaired) electrons. The van der Waals surface area contributed by atoms with Gasteiger partial charge in [0.15, 0.2) is 4.34 Å². The van der Waals surface area contributed by atoms with Crippen LogP contribution < -0.4 is 11.1 Å². The maximum Gasteiger partial charge on any atom is 0.242 e. The van der Waals surface area contributed by atoms with Crippen molar-refractivity contribution in [2.45, 2.75) is 23.1 Å². The third kappa shape index (κ3) is 5.07. The Bertz CT molecular complexity index is 515. The zero-order valence-corrected chi connectivity index (χ0v) is 13.3. The Kier molecular flexibility index (Phi) is 6.73. The average molecular weight is 337 g/mol. The molecule has 2 rings (SSSR count). The van der Waals surface area contributed by atoms with Gasteiger partial charge in [-0.05, 0) is 18.4 Å². The van der Waals surface area contributed by atoms with E-state index in [1.54, 1.807) is 30.0 Å². The van der Waals surface area contributed by atoms with Gasteiger partial charge in [-0.3, -0.25) is 10.1 Å². The molecular formula is C10H13ClN4OS3. The molecular weight excluding hydrogens is 324 g/mol. The second-order valence-corrected chi connectivity index (χ2v) is 6.75. The van der Waals surface area contributed by atoms with Gasteiger partial charge in [-0.2, -0.15) is 0 Å². The summed E-state index contributed by atoms with van der Waals surface area (Å²) in [6.07, 6.45) is 0. The highest BCUT2D eigenvalue weighted by Gasteiger charge is 2.11. The summed E-state index contributed by atoms with van der Waals surface area (Å²) >= 11 is 4.68. The van der Waals surface area contributed by atoms with E-state index in [1.807, 2.05) is 11.4 Å². The number of hydrogen-bond donors (Lipinski definition) is 2. The highest BCUT2D eigenvalue weighted by molar-refractivity contribution is 8.00. The van der Waals surface area contributed by atoms with Gasteiger partial charge in [0.2, 0.25) is 11.0 Å². The van der Waals surface area contributed by atoms with Gasteiger partial charge in [-0.25, -0.2) is 0 Å². The van der Waals surface area contributed by atoms with E-state index in [2.05, 4.69) is 21.6 Å². The Morgan fingerprint density at radius 2 is 2.37 bits per heavy atom. The van der Waals surface area contributed by atoms with Crippen LogP contribution in [0.1, 0.15) is 11.8 Å². The molecule has 0 fully saturated rings. The second-order valence-electron chi connectivity index (χ2n) is 3.52. The molecule has 1 amide bonds. The minimum atomic E-state index is -0.545. The summed E-state index contributed by atoms with van der Waals surface area (Å²) in [6.45, 7) is 1.63. The van der Waals surface area contributed by atoms with Gasteiger partial charge < -0.3 is 5.73 Å². The van der Waals surface area contributed by atoms with Crippen molar-refractivity contribution in [3.8, 4) is 0 Å². The van der Waals surface area contributed by atoms with Crippen LogP contribution in [0, 0.1) is 0 Å². The minimum absolute atomic E-state index is 0. The SMILES string of the molecule is CC(N)C(=O)Nc1nnc(SCc2cccs2)s1.Cl. The fraction of sp³-hybridized carbons (Fsp3) is 0.300. The van der Waals surface area contributed by atoms with Crippen molar-refractivity contribution in [2.24, 2.45) is 5.73 Å². The molecule has 2 aromatic heterocycles. The first-order valence-corrected chi connectivity index (χ1v) is 7.88. The van der Waals surface area contributed by atoms with E-state index in [1.165, 1.54) is 16.2 Å². The van der Waals surface area contributed by atoms with Gasteiger partial charge in [-0.15, -0.1) is 33.9 Å². The van der Waals surface area contributed by atoms with E-state index in [9.17, 15) is 4.79 Å². The molecule has 1 unspecified atom stereocenters. The molecule has 0 aliphatic rings. The number of thioether (sulfide) groups is 1. The van der Waals surface area contributed by atoms with E-state index >= 15 is 0 Å². The Hall–Kier alpha value is -0.670. The van der Waals surface area contributed by atoms with Gasteiger partial charge >= 0.3 is 0 Å². The fourth-order valence-electron chi connectivity index (χ4n) is 1.07. The normalized spacial score (nSPS) is 11.7. The maximum absolute atomic E-state index is 11.4. The standard InChI is InChI=1S/C10H12N4OS3.ClH/c1-6(11)8(15)12-9-13-14-10(18-9)17-5-7-3-2-4-16-7;/h2-4,6H,5,11H2,1H3,(H,12,13,15);1H. The maximum atomic E-state index is 11.4. The van der Waals surface area contributed by atoms with Crippen LogP contribution in [0.25, 0.3) is 0 Å². The number of hydrogen-bond acceptors (Lipinski definition) is 7. The van der Waals surface area contributed by atoms with E-state index in [-0.39, 0.29) is 18.3 Å². The van der Waals surface area contributed by atoms with Crippen molar-refractivity contribution in [2.75, 3.05) is 5.32 Å². The molecule has 0 saturated carbocycles. The molecule has 5 nitrogen and oxygen atoms in total. The Morgan fingerprint density at radius 1 is 1.58 bits per heavy atom. The molecule has 0 bridgehead atoms. The summed E-state index contributed by atoms with van der Waals surface area (Å²) in [4.78, 5) is 12.7. The summed E-state index contributed by atoms with van der Waals surface area (Å²) in [5.74, 6) is 0.619. The van der Waals surface area contributed by atoms with E-state index in [4.69, 9.17) is 5.73 Å². The lowest BCUT2D eigenvalue weighted by molar-refractivity contribution is -0.117. The lowest BCUT2D eigenvalue weighted by Gasteiger charge is -2.02. The predicted molar refractivity (Wildman–Crippen MR) is 83.3 cm³/mol. The number of anilines is 1. The van der Waals surface area contributed by atoms with Crippen LogP contribution in [-0.2, 0) is 10.5 Å². The Labute approximate surface area is 129 Å². The lowest BCUT2D eigenvalue weighted by atomic mass is 10.3. The van der Waals surface area contributed by atoms with Crippen LogP contribution in [0.3, 0.4) is 0 Å². The van der Waals surface area contributed by atoms with Gasteiger partial charge in [0.05, 0.1) is 6.04 Å². The molecule has 9 heteroatoms. The number of nitrogens with two attached hydrogens (primary N) is 1. The summed E-state index contributed by atoms with van der Waals surface area (Å²) in [6, 6.07) is 3.56. The minimum Gasteiger partial charge on any atom is -0.320 e. The van der Waals surface area contributed by atoms with Crippen LogP contribution in [0.2, 0.25) is 0 Å². The topological polar surface area (TPSA) is 80.9 Å². The van der Waals surface area contributed by atoms with E-state index < -0.39 is 6.04 Å². The summed E-state index contributed by atoms with van der Waals surface area (Å²) in [7, 11) is 0. The molecule has 2 heterocycles. The molecule has 104 valence electrons. The molecule has 0 aromatic carbocycles. The van der Waals surface area contributed by atoms with Crippen molar-refractivity contribution in [3.05, 3.63) is 22.4 Å². The quantitative estimate of drug-likeness (QED) is 0.648. The summed E-state index contributed by atoms with van der Waals surface area (Å²) in [5, 5.41) is 13.1. The van der Waals surface area contributed by atoms with E-state index in [0.717, 1.165) is 10.1 Å². The number of amides is 1. The zero-order valence-electron chi connectivity index (χ0n) is 10.0. The van der Waals surface area contributed by atoms with Crippen LogP contribution in [0.4, 0.5) is 5.13 Å². The molecule has 1 atom stereocenters. The predicted octanol–water partition coefficient (Wildman–Crippen LogP) is 2.60. The summed E-state index contributed by atoms with van der Waals surface area (Å²) < 4.78 is 0.836. The number of carbonyl (C=O) groups excluding carboxylic acids is 1.